The fourth-order valence-corrected chi connectivity index (χ4v) is 4.93. The van der Waals surface area contributed by atoms with Gasteiger partial charge < -0.3 is 20.7 Å². The molecule has 2 aromatic carbocycles. The molecule has 0 aliphatic carbocycles. The van der Waals surface area contributed by atoms with Gasteiger partial charge in [-0.1, -0.05) is 37.8 Å². The van der Waals surface area contributed by atoms with E-state index < -0.39 is 31.8 Å². The van der Waals surface area contributed by atoms with Gasteiger partial charge in [0.1, 0.15) is 17.6 Å². The summed E-state index contributed by atoms with van der Waals surface area (Å²) >= 11 is 0. The third-order valence-corrected chi connectivity index (χ3v) is 7.41. The zero-order valence-electron chi connectivity index (χ0n) is 18.6. The molecule has 1 aliphatic rings. The molecule has 1 heterocycles. The summed E-state index contributed by atoms with van der Waals surface area (Å²) in [6, 6.07) is 10.4. The zero-order chi connectivity index (χ0) is 23.5. The Balaban J connectivity index is 1.83. The van der Waals surface area contributed by atoms with E-state index in [1.54, 1.807) is 36.4 Å². The highest BCUT2D eigenvalue weighted by Crippen LogP contribution is 2.22. The van der Waals surface area contributed by atoms with E-state index in [1.165, 1.54) is 13.2 Å². The summed E-state index contributed by atoms with van der Waals surface area (Å²) in [5.41, 5.74) is 0.841. The lowest BCUT2D eigenvalue weighted by Crippen LogP contribution is -2.41. The standard InChI is InChI=1S/C23H28FN3O4Si/c1-31-17-8-5-14(6-9-17)21(27-22(29)15-11-20(28)25-13-15)23(30)26-16-7-10-19(18(24)12-16)32(2,3)4/h5-10,12,15,21H,11,13H2,1-4H3,(H,25,28)(H,26,30)(H,27,29)/t15-,21+/m0/s1. The van der Waals surface area contributed by atoms with Crippen molar-refractivity contribution in [3.8, 4) is 5.75 Å². The molecule has 170 valence electrons. The number of benzene rings is 2. The molecule has 0 bridgehead atoms. The average Bonchev–Trinajstić information content (AvgIpc) is 3.17. The summed E-state index contributed by atoms with van der Waals surface area (Å²) in [5.74, 6) is -1.42. The Kier molecular flexibility index (Phi) is 6.98. The van der Waals surface area contributed by atoms with Gasteiger partial charge in [-0.25, -0.2) is 4.39 Å². The minimum atomic E-state index is -1.86. The van der Waals surface area contributed by atoms with Gasteiger partial charge >= 0.3 is 0 Å². The quantitative estimate of drug-likeness (QED) is 0.556. The second kappa shape index (κ2) is 9.52. The number of rotatable bonds is 7. The van der Waals surface area contributed by atoms with Crippen molar-refractivity contribution in [3.63, 3.8) is 0 Å². The number of halogens is 1. The Morgan fingerprint density at radius 1 is 1.16 bits per heavy atom. The number of anilines is 1. The molecule has 0 aromatic heterocycles. The highest BCUT2D eigenvalue weighted by molar-refractivity contribution is 6.88. The summed E-state index contributed by atoms with van der Waals surface area (Å²) in [5, 5.41) is 8.72. The van der Waals surface area contributed by atoms with E-state index in [9.17, 15) is 18.8 Å². The fraction of sp³-hybridized carbons (Fsp3) is 0.348. The number of hydrogen-bond donors (Lipinski definition) is 3. The second-order valence-corrected chi connectivity index (χ2v) is 13.9. The van der Waals surface area contributed by atoms with Gasteiger partial charge in [-0.15, -0.1) is 0 Å². The molecule has 2 atom stereocenters. The van der Waals surface area contributed by atoms with E-state index in [4.69, 9.17) is 4.74 Å². The van der Waals surface area contributed by atoms with E-state index in [0.29, 0.717) is 22.2 Å². The lowest BCUT2D eigenvalue weighted by Gasteiger charge is -2.22. The van der Waals surface area contributed by atoms with Crippen LogP contribution in [0.3, 0.4) is 0 Å². The van der Waals surface area contributed by atoms with Crippen molar-refractivity contribution in [1.82, 2.24) is 10.6 Å². The van der Waals surface area contributed by atoms with Crippen LogP contribution in [-0.4, -0.2) is 39.4 Å². The highest BCUT2D eigenvalue weighted by Gasteiger charge is 2.32. The largest absolute Gasteiger partial charge is 0.497 e. The molecule has 0 radical (unpaired) electrons. The predicted octanol–water partition coefficient (Wildman–Crippen LogP) is 2.31. The van der Waals surface area contributed by atoms with E-state index >= 15 is 0 Å². The molecule has 2 aromatic rings. The molecule has 1 fully saturated rings. The number of hydrogen-bond acceptors (Lipinski definition) is 4. The normalized spacial score (nSPS) is 16.8. The number of ether oxygens (including phenoxy) is 1. The minimum Gasteiger partial charge on any atom is -0.497 e. The monoisotopic (exact) mass is 457 g/mol. The van der Waals surface area contributed by atoms with Crippen LogP contribution in [0.25, 0.3) is 0 Å². The maximum absolute atomic E-state index is 14.6. The van der Waals surface area contributed by atoms with Gasteiger partial charge in [0.05, 0.1) is 21.1 Å². The first-order valence-corrected chi connectivity index (χ1v) is 13.9. The second-order valence-electron chi connectivity index (χ2n) is 8.85. The third kappa shape index (κ3) is 5.53. The van der Waals surface area contributed by atoms with E-state index in [2.05, 4.69) is 16.0 Å². The summed E-state index contributed by atoms with van der Waals surface area (Å²) < 4.78 is 19.8. The van der Waals surface area contributed by atoms with Gasteiger partial charge in [0, 0.05) is 18.7 Å². The average molecular weight is 458 g/mol. The molecule has 3 rings (SSSR count). The SMILES string of the molecule is COc1ccc([C@@H](NC(=O)[C@@H]2CNC(=O)C2)C(=O)Nc2ccc([Si](C)(C)C)c(F)c2)cc1. The Hall–Kier alpha value is -3.20. The molecule has 3 amide bonds. The molecule has 32 heavy (non-hydrogen) atoms. The van der Waals surface area contributed by atoms with Crippen molar-refractivity contribution in [2.24, 2.45) is 5.92 Å². The molecule has 0 saturated carbocycles. The van der Waals surface area contributed by atoms with Gasteiger partial charge in [-0.2, -0.15) is 0 Å². The van der Waals surface area contributed by atoms with Gasteiger partial charge in [0.2, 0.25) is 11.8 Å². The smallest absolute Gasteiger partial charge is 0.251 e. The van der Waals surface area contributed by atoms with Gasteiger partial charge in [0.15, 0.2) is 0 Å². The first-order valence-electron chi connectivity index (χ1n) is 10.4. The first kappa shape index (κ1) is 23.5. The summed E-state index contributed by atoms with van der Waals surface area (Å²) in [6.07, 6.45) is 0.0755. The summed E-state index contributed by atoms with van der Waals surface area (Å²) in [7, 11) is -0.325. The van der Waals surface area contributed by atoms with Gasteiger partial charge in [-0.3, -0.25) is 14.4 Å². The molecule has 7 nitrogen and oxygen atoms in total. The van der Waals surface area contributed by atoms with Crippen LogP contribution in [0, 0.1) is 11.7 Å². The number of nitrogens with one attached hydrogen (secondary N) is 3. The highest BCUT2D eigenvalue weighted by atomic mass is 28.3. The Labute approximate surface area is 187 Å². The Morgan fingerprint density at radius 3 is 2.38 bits per heavy atom. The Morgan fingerprint density at radius 2 is 1.84 bits per heavy atom. The summed E-state index contributed by atoms with van der Waals surface area (Å²) in [4.78, 5) is 37.3. The van der Waals surface area contributed by atoms with Crippen LogP contribution in [-0.2, 0) is 14.4 Å². The summed E-state index contributed by atoms with van der Waals surface area (Å²) in [6.45, 7) is 6.36. The van der Waals surface area contributed by atoms with Crippen LogP contribution in [0.5, 0.6) is 5.75 Å². The topological polar surface area (TPSA) is 96.5 Å². The minimum absolute atomic E-state index is 0.0755. The van der Waals surface area contributed by atoms with Crippen molar-refractivity contribution in [3.05, 3.63) is 53.8 Å². The predicted molar refractivity (Wildman–Crippen MR) is 123 cm³/mol. The molecule has 0 unspecified atom stereocenters. The third-order valence-electron chi connectivity index (χ3n) is 5.39. The van der Waals surface area contributed by atoms with Gasteiger partial charge in [0.25, 0.3) is 5.91 Å². The van der Waals surface area contributed by atoms with Crippen molar-refractivity contribution >= 4 is 36.7 Å². The number of amides is 3. The van der Waals surface area contributed by atoms with Crippen LogP contribution in [0.2, 0.25) is 19.6 Å². The molecular weight excluding hydrogens is 429 g/mol. The van der Waals surface area contributed by atoms with Crippen LogP contribution in [0.15, 0.2) is 42.5 Å². The van der Waals surface area contributed by atoms with E-state index in [1.807, 2.05) is 19.6 Å². The lowest BCUT2D eigenvalue weighted by atomic mass is 10.0. The van der Waals surface area contributed by atoms with E-state index in [-0.39, 0.29) is 24.7 Å². The van der Waals surface area contributed by atoms with E-state index in [0.717, 1.165) is 0 Å². The molecule has 9 heteroatoms. The molecular formula is C23H28FN3O4Si. The van der Waals surface area contributed by atoms with Crippen molar-refractivity contribution < 1.29 is 23.5 Å². The van der Waals surface area contributed by atoms with Crippen molar-refractivity contribution in [1.29, 1.82) is 0 Å². The van der Waals surface area contributed by atoms with Crippen LogP contribution in [0.1, 0.15) is 18.0 Å². The van der Waals surface area contributed by atoms with Crippen molar-refractivity contribution in [2.45, 2.75) is 32.1 Å². The van der Waals surface area contributed by atoms with Crippen LogP contribution < -0.4 is 25.9 Å². The number of carbonyl (C=O) groups excluding carboxylic acids is 3. The number of carbonyl (C=O) groups is 3. The van der Waals surface area contributed by atoms with Gasteiger partial charge in [-0.05, 0) is 35.0 Å². The van der Waals surface area contributed by atoms with Crippen molar-refractivity contribution in [2.75, 3.05) is 19.0 Å². The molecule has 3 N–H and O–H groups in total. The van der Waals surface area contributed by atoms with Crippen LogP contribution in [0.4, 0.5) is 10.1 Å². The molecule has 1 saturated heterocycles. The molecule has 0 spiro atoms. The maximum Gasteiger partial charge on any atom is 0.251 e. The van der Waals surface area contributed by atoms with Crippen LogP contribution >= 0.6 is 0 Å². The lowest BCUT2D eigenvalue weighted by molar-refractivity contribution is -0.129. The zero-order valence-corrected chi connectivity index (χ0v) is 19.6. The Bertz CT molecular complexity index is 1020. The number of methoxy groups -OCH3 is 1. The maximum atomic E-state index is 14.6. The first-order chi connectivity index (χ1) is 15.1. The molecule has 1 aliphatic heterocycles. The fourth-order valence-electron chi connectivity index (χ4n) is 3.56.